The van der Waals surface area contributed by atoms with E-state index in [0.717, 1.165) is 37.6 Å². The SMILES string of the molecule is CCN(CC)CCC1(C)Oc2ccccc2O1. The van der Waals surface area contributed by atoms with Gasteiger partial charge in [-0.3, -0.25) is 0 Å². The van der Waals surface area contributed by atoms with Crippen LogP contribution in [0.25, 0.3) is 0 Å². The van der Waals surface area contributed by atoms with Crippen LogP contribution < -0.4 is 9.47 Å². The predicted octanol–water partition coefficient (Wildman–Crippen LogP) is 2.91. The van der Waals surface area contributed by atoms with Gasteiger partial charge in [-0.05, 0) is 25.2 Å². The molecule has 3 heteroatoms. The third kappa shape index (κ3) is 2.72. The molecule has 94 valence electrons. The summed E-state index contributed by atoms with van der Waals surface area (Å²) >= 11 is 0. The fourth-order valence-corrected chi connectivity index (χ4v) is 2.11. The van der Waals surface area contributed by atoms with Gasteiger partial charge in [0, 0.05) is 19.9 Å². The van der Waals surface area contributed by atoms with E-state index in [0.29, 0.717) is 0 Å². The zero-order chi connectivity index (χ0) is 12.3. The van der Waals surface area contributed by atoms with Crippen LogP contribution >= 0.6 is 0 Å². The van der Waals surface area contributed by atoms with Gasteiger partial charge in [0.05, 0.1) is 0 Å². The number of rotatable bonds is 5. The monoisotopic (exact) mass is 235 g/mol. The van der Waals surface area contributed by atoms with E-state index in [9.17, 15) is 0 Å². The zero-order valence-corrected chi connectivity index (χ0v) is 10.9. The highest BCUT2D eigenvalue weighted by Gasteiger charge is 2.36. The highest BCUT2D eigenvalue weighted by atomic mass is 16.7. The summed E-state index contributed by atoms with van der Waals surface area (Å²) in [6.07, 6.45) is 0.878. The molecular weight excluding hydrogens is 214 g/mol. The summed E-state index contributed by atoms with van der Waals surface area (Å²) in [4.78, 5) is 2.38. The van der Waals surface area contributed by atoms with Gasteiger partial charge in [-0.2, -0.15) is 0 Å². The van der Waals surface area contributed by atoms with Crippen molar-refractivity contribution < 1.29 is 9.47 Å². The molecular formula is C14H21NO2. The van der Waals surface area contributed by atoms with Gasteiger partial charge in [0.25, 0.3) is 0 Å². The van der Waals surface area contributed by atoms with Gasteiger partial charge in [0.2, 0.25) is 5.79 Å². The Morgan fingerprint density at radius 2 is 1.59 bits per heavy atom. The Kier molecular flexibility index (Phi) is 3.57. The molecule has 0 radical (unpaired) electrons. The van der Waals surface area contributed by atoms with Crippen LogP contribution in [0.3, 0.4) is 0 Å². The molecule has 0 aromatic heterocycles. The number of benzene rings is 1. The number of fused-ring (bicyclic) bond motifs is 1. The second-order valence-electron chi connectivity index (χ2n) is 4.56. The summed E-state index contributed by atoms with van der Waals surface area (Å²) in [5.41, 5.74) is 0. The van der Waals surface area contributed by atoms with Gasteiger partial charge in [0.1, 0.15) is 0 Å². The molecule has 0 amide bonds. The van der Waals surface area contributed by atoms with Crippen molar-refractivity contribution in [1.29, 1.82) is 0 Å². The second kappa shape index (κ2) is 4.96. The third-order valence-electron chi connectivity index (χ3n) is 3.28. The van der Waals surface area contributed by atoms with Gasteiger partial charge < -0.3 is 14.4 Å². The van der Waals surface area contributed by atoms with Crippen LogP contribution in [0.2, 0.25) is 0 Å². The smallest absolute Gasteiger partial charge is 0.250 e. The van der Waals surface area contributed by atoms with Crippen LogP contribution in [0, 0.1) is 0 Å². The fraction of sp³-hybridized carbons (Fsp3) is 0.571. The molecule has 0 fully saturated rings. The summed E-state index contributed by atoms with van der Waals surface area (Å²) in [5, 5.41) is 0. The van der Waals surface area contributed by atoms with Gasteiger partial charge in [-0.15, -0.1) is 0 Å². The standard InChI is InChI=1S/C14H21NO2/c1-4-15(5-2)11-10-14(3)16-12-8-6-7-9-13(12)17-14/h6-9H,4-5,10-11H2,1-3H3. The number of hydrogen-bond donors (Lipinski definition) is 0. The summed E-state index contributed by atoms with van der Waals surface area (Å²) in [5.74, 6) is 1.20. The number of para-hydroxylation sites is 2. The van der Waals surface area contributed by atoms with Crippen molar-refractivity contribution in [2.75, 3.05) is 19.6 Å². The predicted molar refractivity (Wildman–Crippen MR) is 68.5 cm³/mol. The third-order valence-corrected chi connectivity index (χ3v) is 3.28. The van der Waals surface area contributed by atoms with Crippen molar-refractivity contribution in [1.82, 2.24) is 4.90 Å². The Morgan fingerprint density at radius 3 is 2.06 bits per heavy atom. The van der Waals surface area contributed by atoms with Gasteiger partial charge in [0.15, 0.2) is 11.5 Å². The number of hydrogen-bond acceptors (Lipinski definition) is 3. The molecule has 1 heterocycles. The molecule has 0 aliphatic carbocycles. The summed E-state index contributed by atoms with van der Waals surface area (Å²) in [6.45, 7) is 9.50. The Balaban J connectivity index is 1.95. The van der Waals surface area contributed by atoms with Crippen molar-refractivity contribution in [2.45, 2.75) is 33.0 Å². The Labute approximate surface area is 103 Å². The Bertz CT molecular complexity index is 349. The molecule has 1 aromatic rings. The van der Waals surface area contributed by atoms with E-state index in [4.69, 9.17) is 9.47 Å². The molecule has 2 rings (SSSR count). The Hall–Kier alpha value is -1.22. The molecule has 3 nitrogen and oxygen atoms in total. The van der Waals surface area contributed by atoms with E-state index >= 15 is 0 Å². The van der Waals surface area contributed by atoms with Crippen molar-refractivity contribution in [3.8, 4) is 11.5 Å². The lowest BCUT2D eigenvalue weighted by molar-refractivity contribution is -0.0728. The highest BCUT2D eigenvalue weighted by Crippen LogP contribution is 2.40. The van der Waals surface area contributed by atoms with Crippen LogP contribution in [0.1, 0.15) is 27.2 Å². The molecule has 1 aromatic carbocycles. The highest BCUT2D eigenvalue weighted by molar-refractivity contribution is 5.42. The van der Waals surface area contributed by atoms with Crippen molar-refractivity contribution in [3.63, 3.8) is 0 Å². The molecule has 0 unspecified atom stereocenters. The van der Waals surface area contributed by atoms with Crippen molar-refractivity contribution in [2.24, 2.45) is 0 Å². The van der Waals surface area contributed by atoms with Crippen molar-refractivity contribution in [3.05, 3.63) is 24.3 Å². The van der Waals surface area contributed by atoms with E-state index in [2.05, 4.69) is 18.7 Å². The van der Waals surface area contributed by atoms with Crippen LogP contribution in [0.15, 0.2) is 24.3 Å². The molecule has 0 bridgehead atoms. The normalized spacial score (nSPS) is 16.5. The second-order valence-corrected chi connectivity index (χ2v) is 4.56. The van der Waals surface area contributed by atoms with Crippen LogP contribution in [-0.4, -0.2) is 30.3 Å². The van der Waals surface area contributed by atoms with E-state index in [1.54, 1.807) is 0 Å². The minimum absolute atomic E-state index is 0.508. The molecule has 0 saturated carbocycles. The Morgan fingerprint density at radius 1 is 1.06 bits per heavy atom. The van der Waals surface area contributed by atoms with E-state index < -0.39 is 5.79 Å². The van der Waals surface area contributed by atoms with Gasteiger partial charge in [-0.1, -0.05) is 26.0 Å². The average molecular weight is 235 g/mol. The maximum absolute atomic E-state index is 5.88. The van der Waals surface area contributed by atoms with Crippen molar-refractivity contribution >= 4 is 0 Å². The molecule has 1 aliphatic heterocycles. The molecule has 0 atom stereocenters. The molecule has 0 saturated heterocycles. The van der Waals surface area contributed by atoms with E-state index in [-0.39, 0.29) is 0 Å². The number of ether oxygens (including phenoxy) is 2. The topological polar surface area (TPSA) is 21.7 Å². The lowest BCUT2D eigenvalue weighted by Crippen LogP contribution is -2.39. The fourth-order valence-electron chi connectivity index (χ4n) is 2.11. The largest absolute Gasteiger partial charge is 0.449 e. The van der Waals surface area contributed by atoms with E-state index in [1.165, 1.54) is 0 Å². The zero-order valence-electron chi connectivity index (χ0n) is 10.9. The maximum Gasteiger partial charge on any atom is 0.250 e. The first-order chi connectivity index (χ1) is 8.17. The summed E-state index contributed by atoms with van der Waals surface area (Å²) < 4.78 is 11.8. The first-order valence-corrected chi connectivity index (χ1v) is 6.36. The summed E-state index contributed by atoms with van der Waals surface area (Å²) in [6, 6.07) is 7.85. The maximum atomic E-state index is 5.88. The first kappa shape index (κ1) is 12.2. The van der Waals surface area contributed by atoms with Gasteiger partial charge in [-0.25, -0.2) is 0 Å². The lowest BCUT2D eigenvalue weighted by atomic mass is 10.2. The minimum atomic E-state index is -0.508. The molecule has 17 heavy (non-hydrogen) atoms. The van der Waals surface area contributed by atoms with Crippen LogP contribution in [0.5, 0.6) is 11.5 Å². The molecule has 1 aliphatic rings. The molecule has 0 spiro atoms. The first-order valence-electron chi connectivity index (χ1n) is 6.36. The van der Waals surface area contributed by atoms with Gasteiger partial charge >= 0.3 is 0 Å². The number of nitrogens with zero attached hydrogens (tertiary/aromatic N) is 1. The summed E-state index contributed by atoms with van der Waals surface area (Å²) in [7, 11) is 0. The molecule has 0 N–H and O–H groups in total. The van der Waals surface area contributed by atoms with Crippen LogP contribution in [0.4, 0.5) is 0 Å². The van der Waals surface area contributed by atoms with E-state index in [1.807, 2.05) is 31.2 Å². The lowest BCUT2D eigenvalue weighted by Gasteiger charge is -2.26. The minimum Gasteiger partial charge on any atom is -0.449 e. The average Bonchev–Trinajstić information content (AvgIpc) is 2.67. The van der Waals surface area contributed by atoms with Crippen LogP contribution in [-0.2, 0) is 0 Å². The quantitative estimate of drug-likeness (QED) is 0.783.